The maximum Gasteiger partial charge on any atom is 0.0589 e. The quantitative estimate of drug-likeness (QED) is 0.444. The fourth-order valence-corrected chi connectivity index (χ4v) is 1.84. The van der Waals surface area contributed by atoms with E-state index in [0.29, 0.717) is 12.1 Å². The highest BCUT2D eigenvalue weighted by Crippen LogP contribution is 2.06. The van der Waals surface area contributed by atoms with Crippen LogP contribution in [0.3, 0.4) is 0 Å². The van der Waals surface area contributed by atoms with Gasteiger partial charge in [-0.2, -0.15) is 0 Å². The van der Waals surface area contributed by atoms with Crippen molar-refractivity contribution in [2.75, 3.05) is 33.4 Å². The van der Waals surface area contributed by atoms with E-state index in [1.54, 1.807) is 7.11 Å². The molecule has 0 fully saturated rings. The van der Waals surface area contributed by atoms with E-state index in [-0.39, 0.29) is 0 Å². The molecule has 0 aliphatic rings. The maximum absolute atomic E-state index is 5.14. The SMILES string of the molecule is C=CCN(CCOC)C(C)CCCNC(C)C. The van der Waals surface area contributed by atoms with Crippen LogP contribution in [0.5, 0.6) is 0 Å². The molecule has 0 aromatic rings. The van der Waals surface area contributed by atoms with Crippen molar-refractivity contribution >= 4 is 0 Å². The largest absolute Gasteiger partial charge is 0.383 e. The lowest BCUT2D eigenvalue weighted by atomic mass is 10.1. The van der Waals surface area contributed by atoms with Crippen molar-refractivity contribution in [1.82, 2.24) is 10.2 Å². The summed E-state index contributed by atoms with van der Waals surface area (Å²) in [6, 6.07) is 1.18. The Labute approximate surface area is 107 Å². The second kappa shape index (κ2) is 10.8. The highest BCUT2D eigenvalue weighted by atomic mass is 16.5. The zero-order valence-corrected chi connectivity index (χ0v) is 12.0. The van der Waals surface area contributed by atoms with Gasteiger partial charge in [-0.3, -0.25) is 4.90 Å². The van der Waals surface area contributed by atoms with Gasteiger partial charge in [0.15, 0.2) is 0 Å². The Bertz CT molecular complexity index is 183. The van der Waals surface area contributed by atoms with E-state index in [4.69, 9.17) is 4.74 Å². The minimum Gasteiger partial charge on any atom is -0.383 e. The van der Waals surface area contributed by atoms with Gasteiger partial charge >= 0.3 is 0 Å². The lowest BCUT2D eigenvalue weighted by Gasteiger charge is -2.27. The van der Waals surface area contributed by atoms with Crippen LogP contribution in [0.15, 0.2) is 12.7 Å². The van der Waals surface area contributed by atoms with Crippen molar-refractivity contribution in [3.8, 4) is 0 Å². The summed E-state index contributed by atoms with van der Waals surface area (Å²) in [5.41, 5.74) is 0. The van der Waals surface area contributed by atoms with Crippen molar-refractivity contribution in [2.24, 2.45) is 0 Å². The number of nitrogens with zero attached hydrogens (tertiary/aromatic N) is 1. The second-order valence-electron chi connectivity index (χ2n) is 4.88. The van der Waals surface area contributed by atoms with Crippen LogP contribution in [0.2, 0.25) is 0 Å². The summed E-state index contributed by atoms with van der Waals surface area (Å²) in [4.78, 5) is 2.42. The van der Waals surface area contributed by atoms with Crippen LogP contribution in [0, 0.1) is 0 Å². The standard InChI is InChI=1S/C14H30N2O/c1-6-10-16(11-12-17-5)14(4)8-7-9-15-13(2)3/h6,13-15H,1,7-12H2,2-5H3. The van der Waals surface area contributed by atoms with E-state index in [1.165, 1.54) is 12.8 Å². The number of ether oxygens (including phenoxy) is 1. The molecule has 0 radical (unpaired) electrons. The van der Waals surface area contributed by atoms with Gasteiger partial charge in [0.1, 0.15) is 0 Å². The summed E-state index contributed by atoms with van der Waals surface area (Å²) in [7, 11) is 1.75. The molecule has 17 heavy (non-hydrogen) atoms. The molecule has 3 nitrogen and oxygen atoms in total. The summed E-state index contributed by atoms with van der Waals surface area (Å²) in [5.74, 6) is 0. The first-order valence-electron chi connectivity index (χ1n) is 6.69. The number of rotatable bonds is 11. The van der Waals surface area contributed by atoms with Crippen molar-refractivity contribution in [2.45, 2.75) is 45.7 Å². The van der Waals surface area contributed by atoms with Gasteiger partial charge in [-0.05, 0) is 26.3 Å². The van der Waals surface area contributed by atoms with Gasteiger partial charge in [0.05, 0.1) is 6.61 Å². The number of hydrogen-bond acceptors (Lipinski definition) is 3. The highest BCUT2D eigenvalue weighted by molar-refractivity contribution is 4.77. The topological polar surface area (TPSA) is 24.5 Å². The molecule has 3 heteroatoms. The first-order valence-corrected chi connectivity index (χ1v) is 6.69. The van der Waals surface area contributed by atoms with Crippen LogP contribution in [0.25, 0.3) is 0 Å². The van der Waals surface area contributed by atoms with Gasteiger partial charge in [-0.1, -0.05) is 19.9 Å². The molecular weight excluding hydrogens is 212 g/mol. The minimum atomic E-state index is 0.586. The van der Waals surface area contributed by atoms with Gasteiger partial charge in [0.2, 0.25) is 0 Å². The van der Waals surface area contributed by atoms with Crippen molar-refractivity contribution in [3.63, 3.8) is 0 Å². The average Bonchev–Trinajstić information content (AvgIpc) is 2.29. The van der Waals surface area contributed by atoms with Gasteiger partial charge in [-0.15, -0.1) is 6.58 Å². The summed E-state index contributed by atoms with van der Waals surface area (Å²) < 4.78 is 5.14. The Morgan fingerprint density at radius 3 is 2.59 bits per heavy atom. The highest BCUT2D eigenvalue weighted by Gasteiger charge is 2.11. The molecule has 0 saturated heterocycles. The summed E-state index contributed by atoms with van der Waals surface area (Å²) in [6.07, 6.45) is 4.41. The summed E-state index contributed by atoms with van der Waals surface area (Å²) >= 11 is 0. The van der Waals surface area contributed by atoms with Crippen LogP contribution in [0.1, 0.15) is 33.6 Å². The van der Waals surface area contributed by atoms with E-state index < -0.39 is 0 Å². The first-order chi connectivity index (χ1) is 8.11. The molecule has 0 rings (SSSR count). The molecule has 0 spiro atoms. The number of hydrogen-bond donors (Lipinski definition) is 1. The molecule has 0 saturated carbocycles. The molecule has 1 atom stereocenters. The molecule has 1 N–H and O–H groups in total. The lowest BCUT2D eigenvalue weighted by molar-refractivity contribution is 0.129. The zero-order chi connectivity index (χ0) is 13.1. The molecule has 0 aliphatic heterocycles. The molecule has 0 aromatic carbocycles. The molecule has 102 valence electrons. The third-order valence-corrected chi connectivity index (χ3v) is 2.92. The average molecular weight is 242 g/mol. The Hall–Kier alpha value is -0.380. The summed E-state index contributed by atoms with van der Waals surface area (Å²) in [5, 5.41) is 3.45. The third-order valence-electron chi connectivity index (χ3n) is 2.92. The third kappa shape index (κ3) is 9.33. The Morgan fingerprint density at radius 2 is 2.06 bits per heavy atom. The normalized spacial score (nSPS) is 13.3. The number of nitrogens with one attached hydrogen (secondary N) is 1. The minimum absolute atomic E-state index is 0.586. The maximum atomic E-state index is 5.14. The van der Waals surface area contributed by atoms with Crippen LogP contribution >= 0.6 is 0 Å². The Morgan fingerprint density at radius 1 is 1.35 bits per heavy atom. The molecular formula is C14H30N2O. The molecule has 0 bridgehead atoms. The van der Waals surface area contributed by atoms with Crippen molar-refractivity contribution in [3.05, 3.63) is 12.7 Å². The zero-order valence-electron chi connectivity index (χ0n) is 12.0. The van der Waals surface area contributed by atoms with Crippen LogP contribution in [-0.2, 0) is 4.74 Å². The lowest BCUT2D eigenvalue weighted by Crippen LogP contribution is -2.36. The molecule has 0 amide bonds. The van der Waals surface area contributed by atoms with Crippen LogP contribution in [0.4, 0.5) is 0 Å². The van der Waals surface area contributed by atoms with Gasteiger partial charge in [0.25, 0.3) is 0 Å². The molecule has 1 unspecified atom stereocenters. The fraction of sp³-hybridized carbons (Fsp3) is 0.857. The van der Waals surface area contributed by atoms with Gasteiger partial charge in [0, 0.05) is 32.3 Å². The Balaban J connectivity index is 3.79. The summed E-state index contributed by atoms with van der Waals surface area (Å²) in [6.45, 7) is 14.3. The van der Waals surface area contributed by atoms with Crippen molar-refractivity contribution < 1.29 is 4.74 Å². The van der Waals surface area contributed by atoms with Crippen LogP contribution < -0.4 is 5.32 Å². The second-order valence-corrected chi connectivity index (χ2v) is 4.88. The van der Waals surface area contributed by atoms with E-state index in [1.807, 2.05) is 6.08 Å². The first kappa shape index (κ1) is 16.6. The molecule has 0 heterocycles. The monoisotopic (exact) mass is 242 g/mol. The van der Waals surface area contributed by atoms with E-state index in [9.17, 15) is 0 Å². The van der Waals surface area contributed by atoms with Crippen LogP contribution in [-0.4, -0.2) is 50.3 Å². The van der Waals surface area contributed by atoms with E-state index >= 15 is 0 Å². The molecule has 0 aliphatic carbocycles. The predicted octanol–water partition coefficient (Wildman–Crippen LogP) is 2.29. The predicted molar refractivity (Wildman–Crippen MR) is 75.5 cm³/mol. The van der Waals surface area contributed by atoms with Gasteiger partial charge in [-0.25, -0.2) is 0 Å². The smallest absolute Gasteiger partial charge is 0.0589 e. The molecule has 0 aromatic heterocycles. The van der Waals surface area contributed by atoms with E-state index in [2.05, 4.69) is 37.6 Å². The van der Waals surface area contributed by atoms with Crippen molar-refractivity contribution in [1.29, 1.82) is 0 Å². The number of methoxy groups -OCH3 is 1. The van der Waals surface area contributed by atoms with E-state index in [0.717, 1.165) is 26.2 Å². The fourth-order valence-electron chi connectivity index (χ4n) is 1.84. The van der Waals surface area contributed by atoms with Gasteiger partial charge < -0.3 is 10.1 Å². The Kier molecular flexibility index (Phi) is 10.5.